The highest BCUT2D eigenvalue weighted by Gasteiger charge is 2.28. The van der Waals surface area contributed by atoms with Gasteiger partial charge in [0.15, 0.2) is 0 Å². The van der Waals surface area contributed by atoms with Gasteiger partial charge in [0.05, 0.1) is 0 Å². The van der Waals surface area contributed by atoms with Crippen molar-refractivity contribution in [1.29, 1.82) is 0 Å². The van der Waals surface area contributed by atoms with Crippen molar-refractivity contribution in [2.24, 2.45) is 5.92 Å². The second-order valence-electron chi connectivity index (χ2n) is 5.22. The number of hydrogen-bond donors (Lipinski definition) is 1. The fourth-order valence-corrected chi connectivity index (χ4v) is 4.04. The predicted molar refractivity (Wildman–Crippen MR) is 73.2 cm³/mol. The van der Waals surface area contributed by atoms with Gasteiger partial charge < -0.3 is 5.32 Å². The zero-order chi connectivity index (χ0) is 11.2. The summed E-state index contributed by atoms with van der Waals surface area (Å²) in [6.45, 7) is 7.37. The summed E-state index contributed by atoms with van der Waals surface area (Å²) in [5, 5.41) is 3.57. The van der Waals surface area contributed by atoms with Crippen LogP contribution in [0.25, 0.3) is 0 Å². The molecule has 0 aromatic carbocycles. The van der Waals surface area contributed by atoms with Gasteiger partial charge in [0.2, 0.25) is 0 Å². The van der Waals surface area contributed by atoms with Crippen molar-refractivity contribution in [3.63, 3.8) is 0 Å². The molecule has 0 radical (unpaired) electrons. The van der Waals surface area contributed by atoms with Gasteiger partial charge in [-0.15, -0.1) is 0 Å². The average Bonchev–Trinajstić information content (AvgIpc) is 2.79. The minimum Gasteiger partial charge on any atom is -0.316 e. The van der Waals surface area contributed by atoms with Crippen LogP contribution < -0.4 is 5.32 Å². The molecule has 0 aromatic heterocycles. The van der Waals surface area contributed by atoms with E-state index in [1.807, 2.05) is 0 Å². The van der Waals surface area contributed by atoms with Crippen molar-refractivity contribution in [2.75, 3.05) is 37.7 Å². The molecule has 2 saturated heterocycles. The van der Waals surface area contributed by atoms with Gasteiger partial charge in [-0.2, -0.15) is 11.8 Å². The average molecular weight is 242 g/mol. The highest BCUT2D eigenvalue weighted by Crippen LogP contribution is 2.26. The summed E-state index contributed by atoms with van der Waals surface area (Å²) in [5.74, 6) is 3.69. The monoisotopic (exact) mass is 242 g/mol. The molecule has 0 aromatic rings. The lowest BCUT2D eigenvalue weighted by Gasteiger charge is -2.30. The fourth-order valence-electron chi connectivity index (χ4n) is 2.86. The first-order valence-electron chi connectivity index (χ1n) is 6.92. The maximum atomic E-state index is 3.57. The molecule has 0 saturated carbocycles. The van der Waals surface area contributed by atoms with E-state index in [0.29, 0.717) is 0 Å². The molecule has 2 nitrogen and oxygen atoms in total. The van der Waals surface area contributed by atoms with Crippen molar-refractivity contribution in [2.45, 2.75) is 38.6 Å². The third kappa shape index (κ3) is 3.64. The Morgan fingerprint density at radius 1 is 1.38 bits per heavy atom. The smallest absolute Gasteiger partial charge is 0.0186 e. The first kappa shape index (κ1) is 12.7. The van der Waals surface area contributed by atoms with E-state index < -0.39 is 0 Å². The molecule has 2 unspecified atom stereocenters. The number of hydrogen-bond acceptors (Lipinski definition) is 3. The Kier molecular flexibility index (Phi) is 5.46. The Morgan fingerprint density at radius 2 is 2.31 bits per heavy atom. The highest BCUT2D eigenvalue weighted by molar-refractivity contribution is 7.99. The number of nitrogens with one attached hydrogen (secondary N) is 1. The van der Waals surface area contributed by atoms with Crippen molar-refractivity contribution < 1.29 is 0 Å². The van der Waals surface area contributed by atoms with Crippen LogP contribution in [-0.2, 0) is 0 Å². The molecule has 0 spiro atoms. The van der Waals surface area contributed by atoms with E-state index in [1.165, 1.54) is 63.4 Å². The minimum absolute atomic E-state index is 0.898. The predicted octanol–water partition coefficient (Wildman–Crippen LogP) is 2.20. The Hall–Kier alpha value is 0.270. The normalized spacial score (nSPS) is 32.1. The van der Waals surface area contributed by atoms with Crippen molar-refractivity contribution >= 4 is 11.8 Å². The van der Waals surface area contributed by atoms with Crippen LogP contribution in [0, 0.1) is 5.92 Å². The van der Waals surface area contributed by atoms with Gasteiger partial charge in [-0.1, -0.05) is 6.92 Å². The Balaban J connectivity index is 1.66. The van der Waals surface area contributed by atoms with Crippen LogP contribution in [0.1, 0.15) is 32.6 Å². The first-order valence-corrected chi connectivity index (χ1v) is 8.08. The largest absolute Gasteiger partial charge is 0.316 e. The maximum absolute atomic E-state index is 3.57. The standard InChI is InChI=1S/C13H26N2S/c1-2-6-14-9-12-5-7-15(10-12)13-4-3-8-16-11-13/h12-14H,2-11H2,1H3. The molecule has 2 atom stereocenters. The van der Waals surface area contributed by atoms with Crippen LogP contribution >= 0.6 is 11.8 Å². The van der Waals surface area contributed by atoms with E-state index in [1.54, 1.807) is 0 Å². The molecule has 2 heterocycles. The molecule has 0 aliphatic carbocycles. The Bertz CT molecular complexity index is 192. The topological polar surface area (TPSA) is 15.3 Å². The zero-order valence-electron chi connectivity index (χ0n) is 10.6. The van der Waals surface area contributed by atoms with E-state index in [4.69, 9.17) is 0 Å². The SMILES string of the molecule is CCCNCC1CCN(C2CCCSC2)C1. The summed E-state index contributed by atoms with van der Waals surface area (Å²) >= 11 is 2.16. The Morgan fingerprint density at radius 3 is 3.06 bits per heavy atom. The molecular weight excluding hydrogens is 216 g/mol. The van der Waals surface area contributed by atoms with E-state index in [0.717, 1.165) is 12.0 Å². The molecule has 2 fully saturated rings. The summed E-state index contributed by atoms with van der Waals surface area (Å²) in [6, 6.07) is 0.898. The van der Waals surface area contributed by atoms with Crippen LogP contribution in [0.2, 0.25) is 0 Å². The first-order chi connectivity index (χ1) is 7.90. The van der Waals surface area contributed by atoms with E-state index in [9.17, 15) is 0 Å². The highest BCUT2D eigenvalue weighted by atomic mass is 32.2. The van der Waals surface area contributed by atoms with Gasteiger partial charge in [-0.25, -0.2) is 0 Å². The van der Waals surface area contributed by atoms with Crippen LogP contribution in [-0.4, -0.2) is 48.6 Å². The lowest BCUT2D eigenvalue weighted by atomic mass is 10.1. The number of thioether (sulfide) groups is 1. The molecule has 1 N–H and O–H groups in total. The van der Waals surface area contributed by atoms with Crippen molar-refractivity contribution in [3.05, 3.63) is 0 Å². The summed E-state index contributed by atoms with van der Waals surface area (Å²) in [6.07, 6.45) is 5.56. The van der Waals surface area contributed by atoms with Crippen molar-refractivity contribution in [1.82, 2.24) is 10.2 Å². The number of rotatable bonds is 5. The van der Waals surface area contributed by atoms with E-state index in [-0.39, 0.29) is 0 Å². The molecule has 2 aliphatic heterocycles. The summed E-state index contributed by atoms with van der Waals surface area (Å²) in [4.78, 5) is 2.75. The van der Waals surface area contributed by atoms with Gasteiger partial charge in [0, 0.05) is 18.3 Å². The molecular formula is C13H26N2S. The summed E-state index contributed by atoms with van der Waals surface area (Å²) < 4.78 is 0. The second kappa shape index (κ2) is 6.87. The minimum atomic E-state index is 0.898. The van der Waals surface area contributed by atoms with Crippen LogP contribution in [0.5, 0.6) is 0 Å². The number of nitrogens with zero attached hydrogens (tertiary/aromatic N) is 1. The van der Waals surface area contributed by atoms with Crippen LogP contribution in [0.4, 0.5) is 0 Å². The van der Waals surface area contributed by atoms with Gasteiger partial charge >= 0.3 is 0 Å². The van der Waals surface area contributed by atoms with E-state index in [2.05, 4.69) is 28.9 Å². The number of likely N-dealkylation sites (tertiary alicyclic amines) is 1. The molecule has 2 aliphatic rings. The van der Waals surface area contributed by atoms with Gasteiger partial charge in [0.1, 0.15) is 0 Å². The second-order valence-corrected chi connectivity index (χ2v) is 6.37. The molecule has 94 valence electrons. The quantitative estimate of drug-likeness (QED) is 0.744. The van der Waals surface area contributed by atoms with E-state index >= 15 is 0 Å². The van der Waals surface area contributed by atoms with Crippen molar-refractivity contribution in [3.8, 4) is 0 Å². The molecule has 3 heteroatoms. The zero-order valence-corrected chi connectivity index (χ0v) is 11.4. The molecule has 0 amide bonds. The lowest BCUT2D eigenvalue weighted by molar-refractivity contribution is 0.237. The summed E-state index contributed by atoms with van der Waals surface area (Å²) in [5.41, 5.74) is 0. The van der Waals surface area contributed by atoms with Gasteiger partial charge in [0.25, 0.3) is 0 Å². The maximum Gasteiger partial charge on any atom is 0.0186 e. The Labute approximate surface area is 105 Å². The third-order valence-electron chi connectivity index (χ3n) is 3.83. The van der Waals surface area contributed by atoms with Crippen LogP contribution in [0.15, 0.2) is 0 Å². The van der Waals surface area contributed by atoms with Gasteiger partial charge in [-0.05, 0) is 57.0 Å². The fraction of sp³-hybridized carbons (Fsp3) is 1.00. The van der Waals surface area contributed by atoms with Gasteiger partial charge in [-0.3, -0.25) is 4.90 Å². The third-order valence-corrected chi connectivity index (χ3v) is 5.03. The molecule has 2 rings (SSSR count). The lowest BCUT2D eigenvalue weighted by Crippen LogP contribution is -2.38. The van der Waals surface area contributed by atoms with Crippen LogP contribution in [0.3, 0.4) is 0 Å². The molecule has 0 bridgehead atoms. The molecule has 16 heavy (non-hydrogen) atoms. The summed E-state index contributed by atoms with van der Waals surface area (Å²) in [7, 11) is 0.